The molecule has 9 heteroatoms. The minimum Gasteiger partial charge on any atom is -0.323 e. The molecule has 0 atom stereocenters. The topological polar surface area (TPSA) is 70.6 Å². The van der Waals surface area contributed by atoms with Crippen molar-refractivity contribution in [2.24, 2.45) is 16.7 Å². The highest BCUT2D eigenvalue weighted by molar-refractivity contribution is 7.92. The van der Waals surface area contributed by atoms with E-state index in [0.29, 0.717) is 24.0 Å². The van der Waals surface area contributed by atoms with Crippen LogP contribution in [0.5, 0.6) is 0 Å². The molecule has 4 heterocycles. The summed E-state index contributed by atoms with van der Waals surface area (Å²) in [5.41, 5.74) is 0.807. The fourth-order valence-electron chi connectivity index (χ4n) is 5.50. The van der Waals surface area contributed by atoms with Crippen LogP contribution in [0.3, 0.4) is 0 Å². The molecule has 4 aliphatic rings. The molecule has 1 saturated carbocycles. The third kappa shape index (κ3) is 2.92. The second kappa shape index (κ2) is 5.56. The Labute approximate surface area is 162 Å². The number of hydrogen-bond acceptors (Lipinski definition) is 4. The monoisotopic (exact) mass is 413 g/mol. The molecule has 0 radical (unpaired) electrons. The van der Waals surface area contributed by atoms with Crippen LogP contribution in [-0.2, 0) is 16.3 Å². The van der Waals surface area contributed by atoms with Crippen molar-refractivity contribution in [3.05, 3.63) is 28.8 Å². The summed E-state index contributed by atoms with van der Waals surface area (Å²) < 4.78 is 35.8. The lowest BCUT2D eigenvalue weighted by molar-refractivity contribution is -0.0850. The van der Waals surface area contributed by atoms with E-state index in [4.69, 9.17) is 11.6 Å². The summed E-state index contributed by atoms with van der Waals surface area (Å²) in [6.45, 7) is 2.70. The molecule has 3 saturated heterocycles. The number of amides is 2. The van der Waals surface area contributed by atoms with Gasteiger partial charge in [-0.2, -0.15) is 0 Å². The van der Waals surface area contributed by atoms with Gasteiger partial charge in [0.1, 0.15) is 5.82 Å². The molecule has 0 aromatic carbocycles. The van der Waals surface area contributed by atoms with Gasteiger partial charge in [-0.05, 0) is 31.2 Å². The number of carbonyl (C=O) groups is 1. The summed E-state index contributed by atoms with van der Waals surface area (Å²) in [6, 6.07) is 1.34. The second-order valence-corrected chi connectivity index (χ2v) is 11.6. The van der Waals surface area contributed by atoms with Gasteiger partial charge in [-0.15, -0.1) is 0 Å². The van der Waals surface area contributed by atoms with Gasteiger partial charge < -0.3 is 9.80 Å². The van der Waals surface area contributed by atoms with Gasteiger partial charge in [0.05, 0.1) is 28.4 Å². The van der Waals surface area contributed by atoms with Crippen LogP contribution in [0, 0.1) is 22.6 Å². The molecule has 27 heavy (non-hydrogen) atoms. The van der Waals surface area contributed by atoms with Crippen molar-refractivity contribution in [2.75, 3.05) is 37.7 Å². The highest BCUT2D eigenvalue weighted by atomic mass is 35.5. The van der Waals surface area contributed by atoms with Crippen LogP contribution in [0.15, 0.2) is 12.3 Å². The van der Waals surface area contributed by atoms with Crippen molar-refractivity contribution in [3.63, 3.8) is 0 Å². The molecule has 1 aromatic rings. The molecule has 0 bridgehead atoms. The normalized spacial score (nSPS) is 26.9. The largest absolute Gasteiger partial charge is 0.323 e. The van der Waals surface area contributed by atoms with Crippen molar-refractivity contribution in [1.82, 2.24) is 14.8 Å². The molecule has 4 fully saturated rings. The summed E-state index contributed by atoms with van der Waals surface area (Å²) >= 11 is 6.05. The van der Waals surface area contributed by atoms with Crippen LogP contribution in [0.2, 0.25) is 5.02 Å². The van der Waals surface area contributed by atoms with Gasteiger partial charge in [-0.3, -0.25) is 4.98 Å². The van der Waals surface area contributed by atoms with E-state index in [1.54, 1.807) is 4.90 Å². The average Bonchev–Trinajstić information content (AvgIpc) is 2.44. The fourth-order valence-corrected chi connectivity index (χ4v) is 7.88. The number of pyridine rings is 1. The summed E-state index contributed by atoms with van der Waals surface area (Å²) in [5.74, 6) is 0.518. The first-order chi connectivity index (χ1) is 12.7. The van der Waals surface area contributed by atoms with E-state index >= 15 is 0 Å². The van der Waals surface area contributed by atoms with Gasteiger partial charge in [-0.1, -0.05) is 11.6 Å². The Hall–Kier alpha value is -1.41. The number of urea groups is 1. The van der Waals surface area contributed by atoms with Gasteiger partial charge in [0.15, 0.2) is 9.84 Å². The van der Waals surface area contributed by atoms with Crippen molar-refractivity contribution in [2.45, 2.75) is 19.3 Å². The number of carbonyl (C=O) groups excluding carboxylic acids is 1. The molecule has 146 valence electrons. The first kappa shape index (κ1) is 17.7. The van der Waals surface area contributed by atoms with E-state index in [-0.39, 0.29) is 28.4 Å². The summed E-state index contributed by atoms with van der Waals surface area (Å²) in [4.78, 5) is 20.3. The Kier molecular flexibility index (Phi) is 3.64. The summed E-state index contributed by atoms with van der Waals surface area (Å²) in [5, 5.41) is 0.381. The molecule has 1 aromatic heterocycles. The smallest absolute Gasteiger partial charge is 0.320 e. The molecule has 0 unspecified atom stereocenters. The number of hydrogen-bond donors (Lipinski definition) is 0. The third-order valence-corrected chi connectivity index (χ3v) is 8.94. The fraction of sp³-hybridized carbons (Fsp3) is 0.667. The van der Waals surface area contributed by atoms with E-state index in [0.717, 1.165) is 38.0 Å². The molecule has 2 amide bonds. The molecule has 3 aliphatic heterocycles. The van der Waals surface area contributed by atoms with E-state index < -0.39 is 15.7 Å². The van der Waals surface area contributed by atoms with E-state index in [1.165, 1.54) is 12.3 Å². The zero-order valence-electron chi connectivity index (χ0n) is 14.8. The average molecular weight is 414 g/mol. The minimum atomic E-state index is -2.85. The van der Waals surface area contributed by atoms with Crippen LogP contribution in [-0.4, -0.2) is 66.9 Å². The standard InChI is InChI=1S/C18H21ClFN3O3S/c19-14-2-13(20)5-21-15(14)1-12-3-17(4-12)6-22(7-17)16(24)23-8-18(9-23)10-27(25,26)11-18/h2,5,12H,1,3-4,6-11H2. The van der Waals surface area contributed by atoms with Gasteiger partial charge in [0, 0.05) is 37.0 Å². The number of likely N-dealkylation sites (tertiary alicyclic amines) is 2. The van der Waals surface area contributed by atoms with Gasteiger partial charge in [0.25, 0.3) is 0 Å². The van der Waals surface area contributed by atoms with Crippen LogP contribution in [0.25, 0.3) is 0 Å². The molecule has 6 nitrogen and oxygen atoms in total. The van der Waals surface area contributed by atoms with Crippen LogP contribution in [0.1, 0.15) is 18.5 Å². The maximum Gasteiger partial charge on any atom is 0.320 e. The van der Waals surface area contributed by atoms with E-state index in [2.05, 4.69) is 4.98 Å². The van der Waals surface area contributed by atoms with Crippen molar-refractivity contribution < 1.29 is 17.6 Å². The predicted molar refractivity (Wildman–Crippen MR) is 97.7 cm³/mol. The SMILES string of the molecule is O=C(N1CC2(CC(Cc3ncc(F)cc3Cl)C2)C1)N1CC2(C1)CS(=O)(=O)C2. The lowest BCUT2D eigenvalue weighted by Crippen LogP contribution is -2.73. The number of sulfone groups is 1. The van der Waals surface area contributed by atoms with Gasteiger partial charge >= 0.3 is 6.03 Å². The third-order valence-electron chi connectivity index (χ3n) is 6.51. The van der Waals surface area contributed by atoms with Crippen molar-refractivity contribution in [3.8, 4) is 0 Å². The molecule has 5 rings (SSSR count). The Balaban J connectivity index is 1.08. The highest BCUT2D eigenvalue weighted by Gasteiger charge is 2.60. The van der Waals surface area contributed by atoms with E-state index in [1.807, 2.05) is 4.90 Å². The number of nitrogens with zero attached hydrogens (tertiary/aromatic N) is 3. The predicted octanol–water partition coefficient (Wildman–Crippen LogP) is 1.98. The second-order valence-electron chi connectivity index (χ2n) is 9.09. The van der Waals surface area contributed by atoms with Gasteiger partial charge in [0.2, 0.25) is 0 Å². The van der Waals surface area contributed by atoms with Crippen LogP contribution < -0.4 is 0 Å². The lowest BCUT2D eigenvalue weighted by atomic mass is 9.57. The van der Waals surface area contributed by atoms with E-state index in [9.17, 15) is 17.6 Å². The molecule has 0 N–H and O–H groups in total. The zero-order chi connectivity index (χ0) is 19.0. The van der Waals surface area contributed by atoms with Gasteiger partial charge in [-0.25, -0.2) is 17.6 Å². The Morgan fingerprint density at radius 2 is 1.78 bits per heavy atom. The molecule has 2 spiro atoms. The maximum atomic E-state index is 13.1. The van der Waals surface area contributed by atoms with Crippen molar-refractivity contribution in [1.29, 1.82) is 0 Å². The van der Waals surface area contributed by atoms with Crippen LogP contribution >= 0.6 is 11.6 Å². The zero-order valence-corrected chi connectivity index (χ0v) is 16.4. The first-order valence-corrected chi connectivity index (χ1v) is 11.4. The van der Waals surface area contributed by atoms with Crippen LogP contribution in [0.4, 0.5) is 9.18 Å². The lowest BCUT2D eigenvalue weighted by Gasteiger charge is -2.62. The Morgan fingerprint density at radius 3 is 2.33 bits per heavy atom. The Morgan fingerprint density at radius 1 is 1.19 bits per heavy atom. The number of halogens is 2. The summed E-state index contributed by atoms with van der Waals surface area (Å²) in [7, 11) is -2.85. The number of aromatic nitrogens is 1. The quantitative estimate of drug-likeness (QED) is 0.743. The molecule has 1 aliphatic carbocycles. The summed E-state index contributed by atoms with van der Waals surface area (Å²) in [6.07, 6.45) is 4.02. The molecular weight excluding hydrogens is 393 g/mol. The first-order valence-electron chi connectivity index (χ1n) is 9.21. The maximum absolute atomic E-state index is 13.1. The highest BCUT2D eigenvalue weighted by Crippen LogP contribution is 2.53. The molecular formula is C18H21ClFN3O3S. The van der Waals surface area contributed by atoms with Crippen molar-refractivity contribution >= 4 is 27.5 Å². The number of rotatable bonds is 2. The Bertz CT molecular complexity index is 904. The minimum absolute atomic E-state index is 0.0437.